The molecule has 1 atom stereocenters. The summed E-state index contributed by atoms with van der Waals surface area (Å²) in [7, 11) is 0. The SMILES string of the molecule is CC(C)c1nc2c(c(-c3ccc(F)cc3)c1C(F)c1ccc(C(F)(F)F)cc1)C(=O)CCC2. The predicted octanol–water partition coefficient (Wildman–Crippen LogP) is 7.61. The van der Waals surface area contributed by atoms with Crippen molar-refractivity contribution < 1.29 is 26.7 Å². The number of halogens is 5. The largest absolute Gasteiger partial charge is 0.416 e. The fourth-order valence-electron chi connectivity index (χ4n) is 4.31. The first-order valence-electron chi connectivity index (χ1n) is 10.7. The first-order chi connectivity index (χ1) is 15.6. The second-order valence-corrected chi connectivity index (χ2v) is 8.53. The molecule has 0 bridgehead atoms. The lowest BCUT2D eigenvalue weighted by atomic mass is 9.81. The van der Waals surface area contributed by atoms with Crippen LogP contribution < -0.4 is 0 Å². The van der Waals surface area contributed by atoms with Gasteiger partial charge in [-0.05, 0) is 54.2 Å². The molecule has 1 aromatic heterocycles. The monoisotopic (exact) mass is 459 g/mol. The van der Waals surface area contributed by atoms with E-state index in [0.717, 1.165) is 24.3 Å². The smallest absolute Gasteiger partial charge is 0.294 e. The molecular formula is C26H22F5NO. The van der Waals surface area contributed by atoms with Gasteiger partial charge in [-0.15, -0.1) is 0 Å². The molecule has 0 amide bonds. The summed E-state index contributed by atoms with van der Waals surface area (Å²) in [5.74, 6) is -0.855. The second-order valence-electron chi connectivity index (χ2n) is 8.53. The molecule has 0 N–H and O–H groups in total. The van der Waals surface area contributed by atoms with E-state index < -0.39 is 23.7 Å². The maximum atomic E-state index is 16.1. The molecule has 1 heterocycles. The number of aryl methyl sites for hydroxylation is 1. The average Bonchev–Trinajstić information content (AvgIpc) is 2.77. The second kappa shape index (κ2) is 8.69. The number of alkyl halides is 4. The van der Waals surface area contributed by atoms with Gasteiger partial charge in [-0.3, -0.25) is 9.78 Å². The van der Waals surface area contributed by atoms with Crippen molar-refractivity contribution in [2.75, 3.05) is 0 Å². The number of carbonyl (C=O) groups excluding carboxylic acids is 1. The molecule has 3 aromatic rings. The lowest BCUT2D eigenvalue weighted by Gasteiger charge is -2.27. The summed E-state index contributed by atoms with van der Waals surface area (Å²) in [6.45, 7) is 3.69. The van der Waals surface area contributed by atoms with E-state index in [9.17, 15) is 22.4 Å². The Morgan fingerprint density at radius 1 is 0.909 bits per heavy atom. The Balaban J connectivity index is 1.98. The summed E-state index contributed by atoms with van der Waals surface area (Å²) >= 11 is 0. The van der Waals surface area contributed by atoms with Crippen molar-refractivity contribution in [3.8, 4) is 11.1 Å². The Hall–Kier alpha value is -3.09. The third-order valence-electron chi connectivity index (χ3n) is 5.90. The van der Waals surface area contributed by atoms with Gasteiger partial charge in [0.25, 0.3) is 0 Å². The van der Waals surface area contributed by atoms with Crippen LogP contribution in [0.5, 0.6) is 0 Å². The molecule has 0 spiro atoms. The van der Waals surface area contributed by atoms with Gasteiger partial charge in [-0.2, -0.15) is 13.2 Å². The van der Waals surface area contributed by atoms with Crippen LogP contribution in [0.15, 0.2) is 48.5 Å². The van der Waals surface area contributed by atoms with Gasteiger partial charge in [0.1, 0.15) is 5.82 Å². The van der Waals surface area contributed by atoms with Crippen molar-refractivity contribution >= 4 is 5.78 Å². The highest BCUT2D eigenvalue weighted by molar-refractivity contribution is 6.05. The number of Topliss-reactive ketones (excluding diaryl/α,β-unsaturated/α-hetero) is 1. The normalized spacial score (nSPS) is 15.0. The van der Waals surface area contributed by atoms with Gasteiger partial charge in [0.05, 0.1) is 17.0 Å². The topological polar surface area (TPSA) is 30.0 Å². The van der Waals surface area contributed by atoms with Crippen molar-refractivity contribution in [3.05, 3.63) is 88.0 Å². The molecule has 2 aromatic carbocycles. The van der Waals surface area contributed by atoms with E-state index in [1.165, 1.54) is 24.3 Å². The molecule has 1 unspecified atom stereocenters. The van der Waals surface area contributed by atoms with Crippen LogP contribution in [0.2, 0.25) is 0 Å². The van der Waals surface area contributed by atoms with Crippen molar-refractivity contribution in [3.63, 3.8) is 0 Å². The maximum Gasteiger partial charge on any atom is 0.416 e. The Bertz CT molecular complexity index is 1180. The van der Waals surface area contributed by atoms with Crippen LogP contribution in [0.3, 0.4) is 0 Å². The fraction of sp³-hybridized carbons (Fsp3) is 0.308. The zero-order valence-electron chi connectivity index (χ0n) is 18.1. The molecule has 0 saturated heterocycles. The van der Waals surface area contributed by atoms with Crippen LogP contribution in [0, 0.1) is 5.82 Å². The first kappa shape index (κ1) is 23.1. The van der Waals surface area contributed by atoms with E-state index in [4.69, 9.17) is 0 Å². The summed E-state index contributed by atoms with van der Waals surface area (Å²) in [5.41, 5.74) is 1.45. The van der Waals surface area contributed by atoms with E-state index in [1.54, 1.807) is 0 Å². The van der Waals surface area contributed by atoms with Crippen molar-refractivity contribution in [2.45, 2.75) is 51.4 Å². The molecule has 0 radical (unpaired) electrons. The summed E-state index contributed by atoms with van der Waals surface area (Å²) in [4.78, 5) is 17.6. The molecule has 0 saturated carbocycles. The van der Waals surface area contributed by atoms with Crippen LogP contribution >= 0.6 is 0 Å². The van der Waals surface area contributed by atoms with Gasteiger partial charge in [0.15, 0.2) is 12.0 Å². The number of carbonyl (C=O) groups is 1. The van der Waals surface area contributed by atoms with Crippen LogP contribution in [-0.2, 0) is 12.6 Å². The number of pyridine rings is 1. The van der Waals surface area contributed by atoms with Crippen molar-refractivity contribution in [2.24, 2.45) is 0 Å². The van der Waals surface area contributed by atoms with Gasteiger partial charge < -0.3 is 0 Å². The Kier molecular flexibility index (Phi) is 6.08. The number of benzene rings is 2. The van der Waals surface area contributed by atoms with Crippen molar-refractivity contribution in [1.29, 1.82) is 0 Å². The molecule has 0 aliphatic heterocycles. The van der Waals surface area contributed by atoms with Crippen LogP contribution in [-0.4, -0.2) is 10.8 Å². The van der Waals surface area contributed by atoms with E-state index in [0.29, 0.717) is 47.3 Å². The van der Waals surface area contributed by atoms with E-state index in [-0.39, 0.29) is 22.8 Å². The predicted molar refractivity (Wildman–Crippen MR) is 115 cm³/mol. The van der Waals surface area contributed by atoms with E-state index >= 15 is 4.39 Å². The number of hydrogen-bond acceptors (Lipinski definition) is 2. The number of fused-ring (bicyclic) bond motifs is 1. The summed E-state index contributed by atoms with van der Waals surface area (Å²) in [6, 6.07) is 9.33. The lowest BCUT2D eigenvalue weighted by Crippen LogP contribution is -2.19. The number of rotatable bonds is 4. The molecule has 0 fully saturated rings. The molecule has 1 aliphatic rings. The highest BCUT2D eigenvalue weighted by Crippen LogP contribution is 2.43. The van der Waals surface area contributed by atoms with Crippen LogP contribution in [0.1, 0.15) is 77.2 Å². The minimum atomic E-state index is -4.54. The minimum absolute atomic E-state index is 0.0262. The maximum absolute atomic E-state index is 16.1. The zero-order chi connectivity index (χ0) is 23.9. The quantitative estimate of drug-likeness (QED) is 0.376. The molecule has 33 heavy (non-hydrogen) atoms. The standard InChI is InChI=1S/C26H22F5NO/c1-14(2)25-23(24(28)16-6-10-17(11-7-16)26(29,30)31)21(15-8-12-18(27)13-9-15)22-19(32-25)4-3-5-20(22)33/h6-14,24H,3-5H2,1-2H3. The minimum Gasteiger partial charge on any atom is -0.294 e. The van der Waals surface area contributed by atoms with Gasteiger partial charge in [-0.25, -0.2) is 8.78 Å². The fourth-order valence-corrected chi connectivity index (χ4v) is 4.31. The van der Waals surface area contributed by atoms with Gasteiger partial charge in [-0.1, -0.05) is 38.1 Å². The van der Waals surface area contributed by atoms with E-state index in [1.807, 2.05) is 13.8 Å². The molecule has 1 aliphatic carbocycles. The number of hydrogen-bond donors (Lipinski definition) is 0. The highest BCUT2D eigenvalue weighted by atomic mass is 19.4. The van der Waals surface area contributed by atoms with Gasteiger partial charge >= 0.3 is 6.18 Å². The van der Waals surface area contributed by atoms with Crippen LogP contribution in [0.25, 0.3) is 11.1 Å². The Morgan fingerprint density at radius 3 is 2.12 bits per heavy atom. The Labute approximate surface area is 188 Å². The lowest BCUT2D eigenvalue weighted by molar-refractivity contribution is -0.137. The third kappa shape index (κ3) is 4.41. The molecule has 7 heteroatoms. The zero-order valence-corrected chi connectivity index (χ0v) is 18.1. The molecule has 172 valence electrons. The van der Waals surface area contributed by atoms with E-state index in [2.05, 4.69) is 4.98 Å². The third-order valence-corrected chi connectivity index (χ3v) is 5.90. The average molecular weight is 459 g/mol. The first-order valence-corrected chi connectivity index (χ1v) is 10.7. The number of nitrogens with zero attached hydrogens (tertiary/aromatic N) is 1. The molecule has 2 nitrogen and oxygen atoms in total. The molecule has 4 rings (SSSR count). The van der Waals surface area contributed by atoms with Gasteiger partial charge in [0.2, 0.25) is 0 Å². The van der Waals surface area contributed by atoms with Gasteiger partial charge in [0, 0.05) is 23.1 Å². The summed E-state index contributed by atoms with van der Waals surface area (Å²) in [5, 5.41) is 0. The highest BCUT2D eigenvalue weighted by Gasteiger charge is 2.34. The molecular weight excluding hydrogens is 437 g/mol. The summed E-state index contributed by atoms with van der Waals surface area (Å²) in [6.07, 6.45) is -4.87. The summed E-state index contributed by atoms with van der Waals surface area (Å²) < 4.78 is 68.7. The number of aromatic nitrogens is 1. The van der Waals surface area contributed by atoms with Crippen molar-refractivity contribution in [1.82, 2.24) is 4.98 Å². The Morgan fingerprint density at radius 2 is 1.55 bits per heavy atom. The van der Waals surface area contributed by atoms with Crippen LogP contribution in [0.4, 0.5) is 22.0 Å². The number of ketones is 1.